The highest BCUT2D eigenvalue weighted by Crippen LogP contribution is 2.14. The van der Waals surface area contributed by atoms with Gasteiger partial charge in [-0.2, -0.15) is 0 Å². The number of allylic oxidation sites excluding steroid dienone is 10. The number of nitrogens with one attached hydrogen (secondary N) is 1. The van der Waals surface area contributed by atoms with Crippen molar-refractivity contribution >= 4 is 11.9 Å². The molecule has 0 bridgehead atoms. The second kappa shape index (κ2) is 23.7. The lowest BCUT2D eigenvalue weighted by molar-refractivity contribution is -0.189. The number of amides is 1. The number of phenolic OH excluding ortho intramolecular Hbond substituents is 1. The number of methoxy groups -OCH3 is 1. The van der Waals surface area contributed by atoms with Gasteiger partial charge in [0, 0.05) is 7.11 Å². The second-order valence-electron chi connectivity index (χ2n) is 8.58. The van der Waals surface area contributed by atoms with E-state index in [4.69, 9.17) is 14.2 Å². The lowest BCUT2D eigenvalue weighted by atomic mass is 10.2. The molecule has 1 aromatic carbocycles. The Bertz CT molecular complexity index is 948. The highest BCUT2D eigenvalue weighted by molar-refractivity contribution is 5.96. The van der Waals surface area contributed by atoms with E-state index in [0.717, 1.165) is 51.4 Å². The number of aromatic hydroxyl groups is 1. The normalized spacial score (nSPS) is 12.9. The number of phenols is 1. The predicted molar refractivity (Wildman–Crippen MR) is 156 cm³/mol. The van der Waals surface area contributed by atoms with Crippen molar-refractivity contribution in [3.8, 4) is 5.75 Å². The Morgan fingerprint density at radius 1 is 0.846 bits per heavy atom. The minimum Gasteiger partial charge on any atom is -0.507 e. The SMILES string of the molecule is CC/C=C\C/C=C\C/C=C\C/C=C\C/C=C\CCCCOC(OC)C(=O)OCCNC(=O)c1ccccc1O. The zero-order valence-corrected chi connectivity index (χ0v) is 23.4. The molecule has 0 aliphatic rings. The molecule has 7 nitrogen and oxygen atoms in total. The van der Waals surface area contributed by atoms with Gasteiger partial charge < -0.3 is 24.6 Å². The molecule has 214 valence electrons. The molecule has 0 radical (unpaired) electrons. The molecule has 7 heteroatoms. The van der Waals surface area contributed by atoms with E-state index in [1.165, 1.54) is 19.2 Å². The molecule has 0 spiro atoms. The minimum absolute atomic E-state index is 0.0362. The maximum atomic E-state index is 12.1. The fraction of sp³-hybridized carbons (Fsp3) is 0.438. The number of esters is 1. The third kappa shape index (κ3) is 17.7. The van der Waals surface area contributed by atoms with Gasteiger partial charge in [-0.1, -0.05) is 79.8 Å². The van der Waals surface area contributed by atoms with Crippen LogP contribution in [0.4, 0.5) is 0 Å². The van der Waals surface area contributed by atoms with Crippen molar-refractivity contribution in [1.82, 2.24) is 5.32 Å². The number of unbranched alkanes of at least 4 members (excludes halogenated alkanes) is 2. The standard InChI is InChI=1S/C32H45NO6/c1-3-4-5-6-7-8-9-10-11-12-13-14-15-16-17-18-19-22-26-39-32(37-2)31(36)38-27-25-33-30(35)28-23-20-21-24-29(28)34/h4-5,7-8,10-11,13-14,16-17,20-21,23-24,32,34H,3,6,9,12,15,18-19,22,25-27H2,1-2H3,(H,33,35)/b5-4-,8-7-,11-10-,14-13-,17-16-. The van der Waals surface area contributed by atoms with Crippen LogP contribution in [-0.4, -0.2) is 50.1 Å². The maximum absolute atomic E-state index is 12.1. The van der Waals surface area contributed by atoms with Gasteiger partial charge in [-0.15, -0.1) is 0 Å². The van der Waals surface area contributed by atoms with Gasteiger partial charge in [0.05, 0.1) is 18.7 Å². The summed E-state index contributed by atoms with van der Waals surface area (Å²) >= 11 is 0. The summed E-state index contributed by atoms with van der Waals surface area (Å²) in [4.78, 5) is 24.1. The van der Waals surface area contributed by atoms with Crippen molar-refractivity contribution < 1.29 is 28.9 Å². The van der Waals surface area contributed by atoms with E-state index in [2.05, 4.69) is 73.0 Å². The highest BCUT2D eigenvalue weighted by Gasteiger charge is 2.20. The van der Waals surface area contributed by atoms with E-state index in [0.29, 0.717) is 6.61 Å². The molecule has 0 aliphatic carbocycles. The zero-order valence-electron chi connectivity index (χ0n) is 23.4. The van der Waals surface area contributed by atoms with Gasteiger partial charge >= 0.3 is 5.97 Å². The molecule has 0 saturated carbocycles. The monoisotopic (exact) mass is 539 g/mol. The third-order valence-corrected chi connectivity index (χ3v) is 5.38. The number of rotatable bonds is 21. The van der Waals surface area contributed by atoms with Crippen LogP contribution in [0.15, 0.2) is 85.0 Å². The first kappa shape index (κ1) is 33.6. The summed E-state index contributed by atoms with van der Waals surface area (Å²) in [6.07, 6.45) is 28.3. The molecule has 0 aromatic heterocycles. The Labute approximate surface area is 233 Å². The van der Waals surface area contributed by atoms with Gasteiger partial charge in [0.2, 0.25) is 0 Å². The van der Waals surface area contributed by atoms with Gasteiger partial charge in [0.25, 0.3) is 12.2 Å². The highest BCUT2D eigenvalue weighted by atomic mass is 16.7. The van der Waals surface area contributed by atoms with Crippen LogP contribution in [0, 0.1) is 0 Å². The Kier molecular flexibility index (Phi) is 20.4. The largest absolute Gasteiger partial charge is 0.507 e. The maximum Gasteiger partial charge on any atom is 0.363 e. The van der Waals surface area contributed by atoms with Crippen LogP contribution < -0.4 is 5.32 Å². The molecule has 0 fully saturated rings. The van der Waals surface area contributed by atoms with Crippen LogP contribution >= 0.6 is 0 Å². The van der Waals surface area contributed by atoms with Crippen molar-refractivity contribution in [3.63, 3.8) is 0 Å². The number of benzene rings is 1. The van der Waals surface area contributed by atoms with Gasteiger partial charge in [-0.25, -0.2) is 4.79 Å². The van der Waals surface area contributed by atoms with E-state index in [-0.39, 0.29) is 24.5 Å². The quantitative estimate of drug-likeness (QED) is 0.0794. The molecule has 39 heavy (non-hydrogen) atoms. The molecule has 1 atom stereocenters. The van der Waals surface area contributed by atoms with Crippen LogP contribution in [0.3, 0.4) is 0 Å². The predicted octanol–water partition coefficient (Wildman–Crippen LogP) is 6.58. The first-order chi connectivity index (χ1) is 19.1. The van der Waals surface area contributed by atoms with E-state index in [9.17, 15) is 14.7 Å². The molecule has 0 heterocycles. The summed E-state index contributed by atoms with van der Waals surface area (Å²) in [5, 5.41) is 12.3. The summed E-state index contributed by atoms with van der Waals surface area (Å²) in [7, 11) is 1.38. The fourth-order valence-electron chi connectivity index (χ4n) is 3.30. The van der Waals surface area contributed by atoms with Crippen molar-refractivity contribution in [1.29, 1.82) is 0 Å². The van der Waals surface area contributed by atoms with E-state index >= 15 is 0 Å². The van der Waals surface area contributed by atoms with E-state index in [1.54, 1.807) is 12.1 Å². The fourth-order valence-corrected chi connectivity index (χ4v) is 3.30. The summed E-state index contributed by atoms with van der Waals surface area (Å²) in [6.45, 7) is 2.58. The van der Waals surface area contributed by atoms with Crippen LogP contribution in [0.5, 0.6) is 5.75 Å². The molecule has 1 rings (SSSR count). The number of carbonyl (C=O) groups is 2. The van der Waals surface area contributed by atoms with Crippen LogP contribution in [0.2, 0.25) is 0 Å². The molecule has 1 aromatic rings. The Balaban J connectivity index is 2.05. The topological polar surface area (TPSA) is 94.1 Å². The average Bonchev–Trinajstić information content (AvgIpc) is 2.94. The van der Waals surface area contributed by atoms with Crippen LogP contribution in [0.1, 0.15) is 68.6 Å². The smallest absolute Gasteiger partial charge is 0.363 e. The van der Waals surface area contributed by atoms with E-state index in [1.807, 2.05) is 0 Å². The van der Waals surface area contributed by atoms with Gasteiger partial charge in [-0.05, 0) is 63.5 Å². The molecular weight excluding hydrogens is 494 g/mol. The number of ether oxygens (including phenoxy) is 3. The second-order valence-corrected chi connectivity index (χ2v) is 8.58. The summed E-state index contributed by atoms with van der Waals surface area (Å²) in [5.41, 5.74) is 0.159. The number of hydrogen-bond acceptors (Lipinski definition) is 6. The Morgan fingerprint density at radius 2 is 1.44 bits per heavy atom. The average molecular weight is 540 g/mol. The van der Waals surface area contributed by atoms with Gasteiger partial charge in [0.1, 0.15) is 12.4 Å². The van der Waals surface area contributed by atoms with Crippen molar-refractivity contribution in [3.05, 3.63) is 90.6 Å². The van der Waals surface area contributed by atoms with Crippen molar-refractivity contribution in [2.75, 3.05) is 26.9 Å². The molecule has 0 aliphatic heterocycles. The van der Waals surface area contributed by atoms with Gasteiger partial charge in [0.15, 0.2) is 0 Å². The van der Waals surface area contributed by atoms with Crippen LogP contribution in [0.25, 0.3) is 0 Å². The van der Waals surface area contributed by atoms with Gasteiger partial charge in [-0.3, -0.25) is 4.79 Å². The first-order valence-corrected chi connectivity index (χ1v) is 13.7. The zero-order chi connectivity index (χ0) is 28.4. The Morgan fingerprint density at radius 3 is 2.03 bits per heavy atom. The summed E-state index contributed by atoms with van der Waals surface area (Å²) < 4.78 is 15.7. The number of carbonyl (C=O) groups excluding carboxylic acids is 2. The lowest BCUT2D eigenvalue weighted by Gasteiger charge is -2.15. The minimum atomic E-state index is -1.10. The van der Waals surface area contributed by atoms with Crippen molar-refractivity contribution in [2.24, 2.45) is 0 Å². The third-order valence-electron chi connectivity index (χ3n) is 5.38. The molecular formula is C32H45NO6. The molecule has 1 amide bonds. The van der Waals surface area contributed by atoms with Crippen molar-refractivity contribution in [2.45, 2.75) is 64.6 Å². The lowest BCUT2D eigenvalue weighted by Crippen LogP contribution is -2.32. The summed E-state index contributed by atoms with van der Waals surface area (Å²) in [6, 6.07) is 6.22. The Hall–Kier alpha value is -3.42. The number of para-hydroxylation sites is 1. The van der Waals surface area contributed by atoms with Crippen LogP contribution in [-0.2, 0) is 19.0 Å². The summed E-state index contributed by atoms with van der Waals surface area (Å²) in [5.74, 6) is -1.20. The molecule has 2 N–H and O–H groups in total. The molecule has 0 saturated heterocycles. The number of hydrogen-bond donors (Lipinski definition) is 2. The first-order valence-electron chi connectivity index (χ1n) is 13.7. The van der Waals surface area contributed by atoms with E-state index < -0.39 is 18.2 Å². The molecule has 1 unspecified atom stereocenters.